The number of unbranched alkanes of at least 4 members (excludes halogenated alkanes) is 2. The molecule has 0 radical (unpaired) electrons. The van der Waals surface area contributed by atoms with E-state index in [1.807, 2.05) is 0 Å². The van der Waals surface area contributed by atoms with E-state index < -0.39 is 0 Å². The van der Waals surface area contributed by atoms with Crippen LogP contribution in [0.1, 0.15) is 127 Å². The summed E-state index contributed by atoms with van der Waals surface area (Å²) in [6.45, 7) is 14.7. The van der Waals surface area contributed by atoms with E-state index in [-0.39, 0.29) is 0 Å². The standard InChI is InChI=1S/C34H55N3/c1-6-8-9-16-30-25-31(20-21-32-17-13-24-37(32)5)36-33(35-30)27(4)26(3)18-19-29-15-12-23-34(29)22-11-10-14-28(34)7-2/h7,25-26,28-29,32H,2,4,6,8-24H2,1,3,5H3/t26?,28-,29?,32-,34?/m0/s1. The molecule has 0 amide bonds. The molecule has 1 saturated heterocycles. The van der Waals surface area contributed by atoms with Gasteiger partial charge in [0.25, 0.3) is 0 Å². The van der Waals surface area contributed by atoms with Gasteiger partial charge in [0.1, 0.15) is 0 Å². The maximum Gasteiger partial charge on any atom is 0.155 e. The summed E-state index contributed by atoms with van der Waals surface area (Å²) in [7, 11) is 2.28. The molecule has 2 saturated carbocycles. The van der Waals surface area contributed by atoms with Gasteiger partial charge in [-0.15, -0.1) is 6.58 Å². The first-order valence-electron chi connectivity index (χ1n) is 15.9. The average molecular weight is 506 g/mol. The number of allylic oxidation sites excluding steroid dienone is 2. The lowest BCUT2D eigenvalue weighted by molar-refractivity contribution is 0.0696. The Kier molecular flexibility index (Phi) is 10.4. The third-order valence-corrected chi connectivity index (χ3v) is 10.5. The van der Waals surface area contributed by atoms with E-state index in [1.165, 1.54) is 114 Å². The summed E-state index contributed by atoms with van der Waals surface area (Å²) in [5.74, 6) is 2.95. The molecule has 4 rings (SSSR count). The predicted molar refractivity (Wildman–Crippen MR) is 159 cm³/mol. The summed E-state index contributed by atoms with van der Waals surface area (Å²) in [5.41, 5.74) is 4.16. The van der Waals surface area contributed by atoms with Gasteiger partial charge in [-0.25, -0.2) is 9.97 Å². The highest BCUT2D eigenvalue weighted by Gasteiger charge is 2.47. The largest absolute Gasteiger partial charge is 0.303 e. The Morgan fingerprint density at radius 1 is 1.05 bits per heavy atom. The van der Waals surface area contributed by atoms with E-state index in [0.717, 1.165) is 36.1 Å². The molecule has 206 valence electrons. The van der Waals surface area contributed by atoms with Gasteiger partial charge in [0, 0.05) is 17.4 Å². The molecule has 0 bridgehead atoms. The number of rotatable bonds is 13. The van der Waals surface area contributed by atoms with Crippen molar-refractivity contribution < 1.29 is 0 Å². The van der Waals surface area contributed by atoms with Crippen LogP contribution in [-0.2, 0) is 12.8 Å². The summed E-state index contributed by atoms with van der Waals surface area (Å²) in [5, 5.41) is 0. The number of nitrogens with zero attached hydrogens (tertiary/aromatic N) is 3. The maximum atomic E-state index is 5.11. The Labute approximate surface area is 228 Å². The zero-order valence-electron chi connectivity index (χ0n) is 24.4. The molecule has 1 aromatic rings. The Morgan fingerprint density at radius 2 is 1.84 bits per heavy atom. The molecule has 3 aliphatic rings. The van der Waals surface area contributed by atoms with E-state index in [0.29, 0.717) is 17.4 Å². The Morgan fingerprint density at radius 3 is 2.57 bits per heavy atom. The maximum absolute atomic E-state index is 5.11. The second kappa shape index (κ2) is 13.5. The summed E-state index contributed by atoms with van der Waals surface area (Å²) >= 11 is 0. The Hall–Kier alpha value is -1.48. The molecule has 5 atom stereocenters. The minimum atomic E-state index is 0.433. The van der Waals surface area contributed by atoms with Crippen LogP contribution in [0.5, 0.6) is 0 Å². The molecule has 2 heterocycles. The van der Waals surface area contributed by atoms with Crippen molar-refractivity contribution >= 4 is 5.57 Å². The van der Waals surface area contributed by atoms with Gasteiger partial charge >= 0.3 is 0 Å². The first kappa shape index (κ1) is 28.5. The van der Waals surface area contributed by atoms with E-state index in [4.69, 9.17) is 9.97 Å². The molecule has 3 nitrogen and oxygen atoms in total. The first-order valence-corrected chi connectivity index (χ1v) is 15.9. The molecule has 0 N–H and O–H groups in total. The third-order valence-electron chi connectivity index (χ3n) is 10.5. The fourth-order valence-electron chi connectivity index (χ4n) is 8.08. The molecule has 2 aliphatic carbocycles. The van der Waals surface area contributed by atoms with Gasteiger partial charge in [-0.3, -0.25) is 0 Å². The molecule has 37 heavy (non-hydrogen) atoms. The fraction of sp³-hybridized carbons (Fsp3) is 0.765. The van der Waals surface area contributed by atoms with Crippen molar-refractivity contribution in [3.8, 4) is 0 Å². The van der Waals surface area contributed by atoms with E-state index in [2.05, 4.69) is 51.1 Å². The van der Waals surface area contributed by atoms with Crippen LogP contribution in [0.2, 0.25) is 0 Å². The lowest BCUT2D eigenvalue weighted by Crippen LogP contribution is -2.36. The minimum Gasteiger partial charge on any atom is -0.303 e. The monoisotopic (exact) mass is 505 g/mol. The van der Waals surface area contributed by atoms with Crippen LogP contribution in [0.4, 0.5) is 0 Å². The zero-order valence-corrected chi connectivity index (χ0v) is 24.4. The van der Waals surface area contributed by atoms with Crippen molar-refractivity contribution in [2.24, 2.45) is 23.2 Å². The molecule has 3 unspecified atom stereocenters. The topological polar surface area (TPSA) is 29.0 Å². The molecule has 3 fully saturated rings. The highest BCUT2D eigenvalue weighted by Crippen LogP contribution is 2.58. The third kappa shape index (κ3) is 6.94. The van der Waals surface area contributed by atoms with Crippen LogP contribution in [-0.4, -0.2) is 34.5 Å². The van der Waals surface area contributed by atoms with Crippen molar-refractivity contribution in [3.63, 3.8) is 0 Å². The molecule has 1 spiro atoms. The summed E-state index contributed by atoms with van der Waals surface area (Å²) in [6, 6.07) is 3.01. The summed E-state index contributed by atoms with van der Waals surface area (Å²) in [6.07, 6.45) is 24.4. The number of likely N-dealkylation sites (tertiary alicyclic amines) is 1. The van der Waals surface area contributed by atoms with Gasteiger partial charge < -0.3 is 4.90 Å². The predicted octanol–water partition coefficient (Wildman–Crippen LogP) is 8.83. The van der Waals surface area contributed by atoms with Gasteiger partial charge in [-0.1, -0.05) is 58.6 Å². The minimum absolute atomic E-state index is 0.433. The Bertz CT molecular complexity index is 891. The van der Waals surface area contributed by atoms with E-state index >= 15 is 0 Å². The number of aromatic nitrogens is 2. The molecule has 0 aromatic carbocycles. The van der Waals surface area contributed by atoms with Gasteiger partial charge in [0.05, 0.1) is 0 Å². The van der Waals surface area contributed by atoms with Crippen molar-refractivity contribution in [1.29, 1.82) is 0 Å². The molecule has 1 aromatic heterocycles. The van der Waals surface area contributed by atoms with Crippen LogP contribution < -0.4 is 0 Å². The molecular formula is C34H55N3. The second-order valence-electron chi connectivity index (χ2n) is 12.9. The van der Waals surface area contributed by atoms with Crippen LogP contribution in [0, 0.1) is 23.2 Å². The second-order valence-corrected chi connectivity index (χ2v) is 12.9. The molecule has 3 heteroatoms. The van der Waals surface area contributed by atoms with Gasteiger partial charge in [-0.2, -0.15) is 0 Å². The zero-order chi connectivity index (χ0) is 26.3. The summed E-state index contributed by atoms with van der Waals surface area (Å²) in [4.78, 5) is 12.7. The number of aryl methyl sites for hydroxylation is 2. The smallest absolute Gasteiger partial charge is 0.155 e. The first-order chi connectivity index (χ1) is 18.0. The molecular weight excluding hydrogens is 450 g/mol. The fourth-order valence-corrected chi connectivity index (χ4v) is 8.08. The van der Waals surface area contributed by atoms with Crippen LogP contribution in [0.15, 0.2) is 25.3 Å². The van der Waals surface area contributed by atoms with Crippen molar-refractivity contribution in [2.75, 3.05) is 13.6 Å². The van der Waals surface area contributed by atoms with Gasteiger partial charge in [-0.05, 0) is 125 Å². The average Bonchev–Trinajstić information content (AvgIpc) is 3.51. The Balaban J connectivity index is 1.42. The van der Waals surface area contributed by atoms with Crippen LogP contribution in [0.25, 0.3) is 5.57 Å². The van der Waals surface area contributed by atoms with Crippen molar-refractivity contribution in [2.45, 2.75) is 129 Å². The molecule has 1 aliphatic heterocycles. The van der Waals surface area contributed by atoms with E-state index in [9.17, 15) is 0 Å². The van der Waals surface area contributed by atoms with E-state index in [1.54, 1.807) is 0 Å². The van der Waals surface area contributed by atoms with Crippen LogP contribution in [0.3, 0.4) is 0 Å². The quantitative estimate of drug-likeness (QED) is 0.198. The highest BCUT2D eigenvalue weighted by molar-refractivity contribution is 5.59. The van der Waals surface area contributed by atoms with Crippen molar-refractivity contribution in [3.05, 3.63) is 42.5 Å². The SMILES string of the molecule is C=C[C@H]1CCCCC12CCCC2CCC(C)C(=C)c1nc(CCCCC)cc(CC[C@@H]2CCCN2C)n1. The van der Waals surface area contributed by atoms with Gasteiger partial charge in [0.15, 0.2) is 5.82 Å². The summed E-state index contributed by atoms with van der Waals surface area (Å²) < 4.78 is 0. The lowest BCUT2D eigenvalue weighted by Gasteiger charge is -2.45. The van der Waals surface area contributed by atoms with Gasteiger partial charge in [0.2, 0.25) is 0 Å². The highest BCUT2D eigenvalue weighted by atomic mass is 15.1. The lowest BCUT2D eigenvalue weighted by atomic mass is 9.60. The normalized spacial score (nSPS) is 29.1. The number of hydrogen-bond donors (Lipinski definition) is 0. The van der Waals surface area contributed by atoms with Crippen LogP contribution >= 0.6 is 0 Å². The van der Waals surface area contributed by atoms with Crippen molar-refractivity contribution in [1.82, 2.24) is 14.9 Å². The number of hydrogen-bond acceptors (Lipinski definition) is 3.